The summed E-state index contributed by atoms with van der Waals surface area (Å²) in [7, 11) is 0. The Labute approximate surface area is 134 Å². The first-order valence-electron chi connectivity index (χ1n) is 7.86. The molecule has 3 nitrogen and oxygen atoms in total. The van der Waals surface area contributed by atoms with Crippen molar-refractivity contribution in [2.75, 3.05) is 31.1 Å². The van der Waals surface area contributed by atoms with E-state index in [9.17, 15) is 4.39 Å². The van der Waals surface area contributed by atoms with Crippen molar-refractivity contribution in [1.82, 2.24) is 4.90 Å². The second-order valence-corrected chi connectivity index (χ2v) is 6.83. The zero-order chi connectivity index (χ0) is 14.8. The second kappa shape index (κ2) is 6.63. The van der Waals surface area contributed by atoms with Crippen LogP contribution in [-0.2, 0) is 6.54 Å². The van der Waals surface area contributed by atoms with Gasteiger partial charge in [-0.25, -0.2) is 4.39 Å². The summed E-state index contributed by atoms with van der Waals surface area (Å²) in [5.41, 5.74) is 7.14. The molecule has 1 aromatic rings. The van der Waals surface area contributed by atoms with Gasteiger partial charge in [-0.1, -0.05) is 18.9 Å². The third-order valence-corrected chi connectivity index (χ3v) is 5.72. The second-order valence-electron chi connectivity index (χ2n) is 6.04. The molecule has 2 N–H and O–H groups in total. The van der Waals surface area contributed by atoms with E-state index in [1.807, 2.05) is 12.1 Å². The number of benzene rings is 1. The Balaban J connectivity index is 1.68. The summed E-state index contributed by atoms with van der Waals surface area (Å²) in [6, 6.07) is 4.56. The molecule has 5 heteroatoms. The summed E-state index contributed by atoms with van der Waals surface area (Å²) in [4.78, 5) is 4.75. The average Bonchev–Trinajstić information content (AvgIpc) is 3.05. The molecule has 0 amide bonds. The monoisotopic (exact) mass is 355 g/mol. The van der Waals surface area contributed by atoms with E-state index in [-0.39, 0.29) is 5.82 Å². The van der Waals surface area contributed by atoms with E-state index in [1.54, 1.807) is 0 Å². The molecule has 3 rings (SSSR count). The summed E-state index contributed by atoms with van der Waals surface area (Å²) in [5.74, 6) is -0.174. The first-order valence-corrected chi connectivity index (χ1v) is 8.66. The Morgan fingerprint density at radius 1 is 1.14 bits per heavy atom. The molecule has 0 spiro atoms. The van der Waals surface area contributed by atoms with E-state index >= 15 is 0 Å². The van der Waals surface area contributed by atoms with Gasteiger partial charge in [-0.05, 0) is 40.4 Å². The number of anilines is 1. The maximum Gasteiger partial charge on any atom is 0.160 e. The summed E-state index contributed by atoms with van der Waals surface area (Å²) in [6.07, 6.45) is 5.41. The predicted molar refractivity (Wildman–Crippen MR) is 88.0 cm³/mol. The maximum atomic E-state index is 14.5. The SMILES string of the molecule is NCc1ccc(N2CCN(C3CCCC3)CC2)c(F)c1Br. The lowest BCUT2D eigenvalue weighted by molar-refractivity contribution is 0.187. The number of nitrogens with two attached hydrogens (primary N) is 1. The summed E-state index contributed by atoms with van der Waals surface area (Å²) < 4.78 is 15.0. The van der Waals surface area contributed by atoms with Gasteiger partial charge in [0.1, 0.15) is 0 Å². The highest BCUT2D eigenvalue weighted by Crippen LogP contribution is 2.31. The average molecular weight is 356 g/mol. The Bertz CT molecular complexity index is 495. The quantitative estimate of drug-likeness (QED) is 0.903. The van der Waals surface area contributed by atoms with E-state index < -0.39 is 0 Å². The highest BCUT2D eigenvalue weighted by Gasteiger charge is 2.27. The van der Waals surface area contributed by atoms with E-state index in [4.69, 9.17) is 5.73 Å². The van der Waals surface area contributed by atoms with Gasteiger partial charge in [-0.2, -0.15) is 0 Å². The molecule has 1 aliphatic heterocycles. The van der Waals surface area contributed by atoms with Crippen molar-refractivity contribution in [3.05, 3.63) is 28.0 Å². The summed E-state index contributed by atoms with van der Waals surface area (Å²) >= 11 is 3.33. The smallest absolute Gasteiger partial charge is 0.160 e. The molecule has 116 valence electrons. The first kappa shape index (κ1) is 15.3. The predicted octanol–water partition coefficient (Wildman–Crippen LogP) is 3.11. The molecule has 0 bridgehead atoms. The number of piperazine rings is 1. The molecule has 2 fully saturated rings. The first-order chi connectivity index (χ1) is 10.2. The molecule has 1 aromatic carbocycles. The topological polar surface area (TPSA) is 32.5 Å². The molecule has 0 aromatic heterocycles. The van der Waals surface area contributed by atoms with E-state index in [0.717, 1.165) is 37.8 Å². The van der Waals surface area contributed by atoms with Crippen LogP contribution in [0.15, 0.2) is 16.6 Å². The van der Waals surface area contributed by atoms with Gasteiger partial charge in [0, 0.05) is 38.8 Å². The van der Waals surface area contributed by atoms with Crippen molar-refractivity contribution in [2.45, 2.75) is 38.3 Å². The Kier molecular flexibility index (Phi) is 4.82. The molecular weight excluding hydrogens is 333 g/mol. The largest absolute Gasteiger partial charge is 0.367 e. The van der Waals surface area contributed by atoms with Crippen LogP contribution in [0.5, 0.6) is 0 Å². The molecule has 21 heavy (non-hydrogen) atoms. The minimum absolute atomic E-state index is 0.174. The van der Waals surface area contributed by atoms with E-state index in [0.29, 0.717) is 16.7 Å². The lowest BCUT2D eigenvalue weighted by atomic mass is 10.1. The molecule has 0 unspecified atom stereocenters. The molecule has 1 heterocycles. The Hall–Kier alpha value is -0.650. The van der Waals surface area contributed by atoms with Crippen LogP contribution in [-0.4, -0.2) is 37.1 Å². The Morgan fingerprint density at radius 3 is 2.43 bits per heavy atom. The fourth-order valence-corrected chi connectivity index (χ4v) is 4.08. The normalized spacial score (nSPS) is 21.2. The van der Waals surface area contributed by atoms with Crippen LogP contribution in [0.25, 0.3) is 0 Å². The minimum Gasteiger partial charge on any atom is -0.367 e. The van der Waals surface area contributed by atoms with Crippen LogP contribution in [0.2, 0.25) is 0 Å². The molecular formula is C16H23BrFN3. The molecule has 0 radical (unpaired) electrons. The molecule has 1 saturated carbocycles. The number of nitrogens with zero attached hydrogens (tertiary/aromatic N) is 2. The highest BCUT2D eigenvalue weighted by atomic mass is 79.9. The lowest BCUT2D eigenvalue weighted by Gasteiger charge is -2.39. The van der Waals surface area contributed by atoms with E-state index in [2.05, 4.69) is 25.7 Å². The lowest BCUT2D eigenvalue weighted by Crippen LogP contribution is -2.50. The van der Waals surface area contributed by atoms with Crippen LogP contribution in [0.1, 0.15) is 31.2 Å². The zero-order valence-corrected chi connectivity index (χ0v) is 13.9. The fraction of sp³-hybridized carbons (Fsp3) is 0.625. The van der Waals surface area contributed by atoms with Gasteiger partial charge in [0.05, 0.1) is 10.2 Å². The van der Waals surface area contributed by atoms with Gasteiger partial charge in [0.15, 0.2) is 5.82 Å². The maximum absolute atomic E-state index is 14.5. The van der Waals surface area contributed by atoms with Crippen molar-refractivity contribution in [1.29, 1.82) is 0 Å². The van der Waals surface area contributed by atoms with Crippen molar-refractivity contribution < 1.29 is 4.39 Å². The third-order valence-electron chi connectivity index (χ3n) is 4.86. The van der Waals surface area contributed by atoms with Crippen LogP contribution in [0, 0.1) is 5.82 Å². The molecule has 0 atom stereocenters. The number of hydrogen-bond acceptors (Lipinski definition) is 3. The summed E-state index contributed by atoms with van der Waals surface area (Å²) in [5, 5.41) is 0. The van der Waals surface area contributed by atoms with Crippen LogP contribution < -0.4 is 10.6 Å². The Morgan fingerprint density at radius 2 is 1.81 bits per heavy atom. The van der Waals surface area contributed by atoms with Gasteiger partial charge in [-0.3, -0.25) is 4.90 Å². The van der Waals surface area contributed by atoms with Gasteiger partial charge >= 0.3 is 0 Å². The number of rotatable bonds is 3. The molecule has 2 aliphatic rings. The number of halogens is 2. The summed E-state index contributed by atoms with van der Waals surface area (Å²) in [6.45, 7) is 4.25. The van der Waals surface area contributed by atoms with Crippen molar-refractivity contribution in [2.24, 2.45) is 5.73 Å². The van der Waals surface area contributed by atoms with Crippen molar-refractivity contribution in [3.63, 3.8) is 0 Å². The third kappa shape index (κ3) is 3.10. The van der Waals surface area contributed by atoms with Crippen LogP contribution >= 0.6 is 15.9 Å². The van der Waals surface area contributed by atoms with Gasteiger partial charge in [0.25, 0.3) is 0 Å². The van der Waals surface area contributed by atoms with Gasteiger partial charge in [0.2, 0.25) is 0 Å². The fourth-order valence-electron chi connectivity index (χ4n) is 3.58. The minimum atomic E-state index is -0.174. The highest BCUT2D eigenvalue weighted by molar-refractivity contribution is 9.10. The molecule has 1 aliphatic carbocycles. The van der Waals surface area contributed by atoms with Crippen LogP contribution in [0.3, 0.4) is 0 Å². The van der Waals surface area contributed by atoms with Crippen LogP contribution in [0.4, 0.5) is 10.1 Å². The zero-order valence-electron chi connectivity index (χ0n) is 12.3. The van der Waals surface area contributed by atoms with E-state index in [1.165, 1.54) is 25.7 Å². The number of hydrogen-bond donors (Lipinski definition) is 1. The van der Waals surface area contributed by atoms with Crippen molar-refractivity contribution in [3.8, 4) is 0 Å². The van der Waals surface area contributed by atoms with Gasteiger partial charge in [-0.15, -0.1) is 0 Å². The standard InChI is InChI=1S/C16H23BrFN3/c17-15-12(11-19)5-6-14(16(15)18)21-9-7-20(8-10-21)13-3-1-2-4-13/h5-6,13H,1-4,7-11,19H2. The molecule has 1 saturated heterocycles. The van der Waals surface area contributed by atoms with Crippen molar-refractivity contribution >= 4 is 21.6 Å². The van der Waals surface area contributed by atoms with Gasteiger partial charge < -0.3 is 10.6 Å².